The average molecular weight is 856 g/mol. The van der Waals surface area contributed by atoms with Gasteiger partial charge in [-0.25, -0.2) is 0 Å². The highest BCUT2D eigenvalue weighted by atomic mass is 32.1. The molecule has 2 heteroatoms. The lowest BCUT2D eigenvalue weighted by molar-refractivity contribution is 1.29. The van der Waals surface area contributed by atoms with E-state index < -0.39 is 0 Å². The minimum absolute atomic E-state index is 1.10. The first-order chi connectivity index (χ1) is 32.7. The van der Waals surface area contributed by atoms with E-state index in [4.69, 9.17) is 0 Å². The molecule has 66 heavy (non-hydrogen) atoms. The van der Waals surface area contributed by atoms with E-state index in [1.807, 2.05) is 11.3 Å². The molecule has 0 N–H and O–H groups in total. The van der Waals surface area contributed by atoms with Gasteiger partial charge in [0.2, 0.25) is 0 Å². The van der Waals surface area contributed by atoms with E-state index in [9.17, 15) is 0 Å². The fourth-order valence-electron chi connectivity index (χ4n) is 10.4. The summed E-state index contributed by atoms with van der Waals surface area (Å²) >= 11 is 1.86. The van der Waals surface area contributed by atoms with Crippen molar-refractivity contribution >= 4 is 91.7 Å². The lowest BCUT2D eigenvalue weighted by atomic mass is 9.84. The molecule has 1 nitrogen and oxygen atoms in total. The van der Waals surface area contributed by atoms with E-state index in [1.165, 1.54) is 108 Å². The maximum absolute atomic E-state index is 2.41. The highest BCUT2D eigenvalue weighted by Gasteiger charge is 2.20. The van der Waals surface area contributed by atoms with Gasteiger partial charge in [0.15, 0.2) is 0 Å². The van der Waals surface area contributed by atoms with Gasteiger partial charge in [0.1, 0.15) is 0 Å². The number of nitrogens with zero attached hydrogens (tertiary/aromatic N) is 1. The van der Waals surface area contributed by atoms with Crippen molar-refractivity contribution in [2.45, 2.75) is 0 Å². The predicted octanol–water partition coefficient (Wildman–Crippen LogP) is 18.8. The predicted molar refractivity (Wildman–Crippen MR) is 286 cm³/mol. The van der Waals surface area contributed by atoms with E-state index >= 15 is 0 Å². The number of anilines is 3. The second-order valence-corrected chi connectivity index (χ2v) is 18.3. The Kier molecular flexibility index (Phi) is 9.11. The molecule has 0 fully saturated rings. The summed E-state index contributed by atoms with van der Waals surface area (Å²) in [4.78, 5) is 2.40. The largest absolute Gasteiger partial charge is 0.310 e. The van der Waals surface area contributed by atoms with Crippen LogP contribution in [-0.2, 0) is 0 Å². The zero-order valence-electron chi connectivity index (χ0n) is 36.0. The minimum Gasteiger partial charge on any atom is -0.310 e. The normalized spacial score (nSPS) is 11.6. The molecule has 0 radical (unpaired) electrons. The lowest BCUT2D eigenvalue weighted by Crippen LogP contribution is -2.09. The van der Waals surface area contributed by atoms with Crippen LogP contribution in [0.2, 0.25) is 0 Å². The number of benzene rings is 12. The quantitative estimate of drug-likeness (QED) is 0.144. The Balaban J connectivity index is 0.942. The SMILES string of the molecule is c1ccc(-c2c(-c3ccccc3)c3cc(-c4ccc(N(c5ccc(-c6cccc7c6ccc6ccccc67)cc5)c5ccc6c(c5)sc5ccccc56)cc4)ccc3c3ccccc23)cc1. The van der Waals surface area contributed by atoms with Gasteiger partial charge in [0, 0.05) is 37.2 Å². The summed E-state index contributed by atoms with van der Waals surface area (Å²) in [7, 11) is 0. The summed E-state index contributed by atoms with van der Waals surface area (Å²) in [5.74, 6) is 0. The number of fused-ring (bicyclic) bond motifs is 9. The van der Waals surface area contributed by atoms with Gasteiger partial charge in [0.05, 0.1) is 0 Å². The van der Waals surface area contributed by atoms with Crippen molar-refractivity contribution in [1.29, 1.82) is 0 Å². The van der Waals surface area contributed by atoms with Crippen LogP contribution < -0.4 is 4.90 Å². The summed E-state index contributed by atoms with van der Waals surface area (Å²) in [5, 5.41) is 12.7. The van der Waals surface area contributed by atoms with Crippen molar-refractivity contribution in [3.63, 3.8) is 0 Å². The van der Waals surface area contributed by atoms with Crippen LogP contribution in [0.4, 0.5) is 17.1 Å². The molecule has 0 spiro atoms. The first-order valence-corrected chi connectivity index (χ1v) is 23.5. The molecule has 13 rings (SSSR count). The van der Waals surface area contributed by atoms with Gasteiger partial charge >= 0.3 is 0 Å². The van der Waals surface area contributed by atoms with Gasteiger partial charge in [-0.1, -0.05) is 200 Å². The van der Waals surface area contributed by atoms with E-state index in [-0.39, 0.29) is 0 Å². The summed E-state index contributed by atoms with van der Waals surface area (Å²) < 4.78 is 2.59. The van der Waals surface area contributed by atoms with E-state index in [2.05, 4.69) is 254 Å². The Hall–Kier alpha value is -8.30. The summed E-state index contributed by atoms with van der Waals surface area (Å²) in [6.45, 7) is 0. The molecule has 0 saturated carbocycles. The van der Waals surface area contributed by atoms with Crippen LogP contribution in [0.5, 0.6) is 0 Å². The Morgan fingerprint density at radius 3 is 1.48 bits per heavy atom. The first kappa shape index (κ1) is 38.2. The van der Waals surface area contributed by atoms with Crippen molar-refractivity contribution in [2.24, 2.45) is 0 Å². The smallest absolute Gasteiger partial charge is 0.0476 e. The van der Waals surface area contributed by atoms with Crippen LogP contribution in [0.1, 0.15) is 0 Å². The standard InChI is InChI=1S/C64H41NS/c1-3-15-45(16-4-1)63-59-22-10-9-20-54(59)56-38-31-47(40-60(56)64(63)46-17-5-2-6-18-46)42-26-32-48(33-27-42)65(50-36-39-58-57-21-11-12-25-61(57)66-62(58)41-50)49-34-28-44(29-35-49)52-23-13-24-53-51-19-8-7-14-43(51)30-37-55(52)53/h1-41H. The molecule has 0 bridgehead atoms. The molecule has 0 unspecified atom stereocenters. The van der Waals surface area contributed by atoms with Crippen molar-refractivity contribution in [3.8, 4) is 44.5 Å². The van der Waals surface area contributed by atoms with Gasteiger partial charge in [-0.3, -0.25) is 0 Å². The molecule has 1 aromatic heterocycles. The maximum atomic E-state index is 2.41. The summed E-state index contributed by atoms with van der Waals surface area (Å²) in [6.07, 6.45) is 0. The number of thiophene rings is 1. The molecule has 0 aliphatic carbocycles. The zero-order chi connectivity index (χ0) is 43.6. The third kappa shape index (κ3) is 6.37. The van der Waals surface area contributed by atoms with Gasteiger partial charge in [-0.2, -0.15) is 0 Å². The fourth-order valence-corrected chi connectivity index (χ4v) is 11.5. The second-order valence-electron chi connectivity index (χ2n) is 17.2. The van der Waals surface area contributed by atoms with Gasteiger partial charge in [0.25, 0.3) is 0 Å². The molecule has 0 atom stereocenters. The van der Waals surface area contributed by atoms with Crippen molar-refractivity contribution in [3.05, 3.63) is 249 Å². The third-order valence-electron chi connectivity index (χ3n) is 13.5. The van der Waals surface area contributed by atoms with Gasteiger partial charge in [-0.15, -0.1) is 11.3 Å². The Labute approximate surface area is 387 Å². The topological polar surface area (TPSA) is 3.24 Å². The van der Waals surface area contributed by atoms with Crippen LogP contribution in [0, 0.1) is 0 Å². The van der Waals surface area contributed by atoms with E-state index in [0.717, 1.165) is 17.1 Å². The number of hydrogen-bond acceptors (Lipinski definition) is 2. The Bertz CT molecular complexity index is 3960. The van der Waals surface area contributed by atoms with Crippen LogP contribution in [-0.4, -0.2) is 0 Å². The lowest BCUT2D eigenvalue weighted by Gasteiger charge is -2.26. The Morgan fingerprint density at radius 1 is 0.242 bits per heavy atom. The second kappa shape index (κ2) is 15.7. The van der Waals surface area contributed by atoms with Crippen LogP contribution in [0.3, 0.4) is 0 Å². The van der Waals surface area contributed by atoms with E-state index in [1.54, 1.807) is 0 Å². The van der Waals surface area contributed by atoms with Crippen molar-refractivity contribution in [1.82, 2.24) is 0 Å². The highest BCUT2D eigenvalue weighted by molar-refractivity contribution is 7.25. The molecule has 0 saturated heterocycles. The fraction of sp³-hybridized carbons (Fsp3) is 0. The molecular formula is C64H41NS. The third-order valence-corrected chi connectivity index (χ3v) is 14.6. The van der Waals surface area contributed by atoms with Gasteiger partial charge in [-0.05, 0) is 136 Å². The number of hydrogen-bond donors (Lipinski definition) is 0. The first-order valence-electron chi connectivity index (χ1n) is 22.7. The molecule has 12 aromatic carbocycles. The van der Waals surface area contributed by atoms with Crippen molar-refractivity contribution in [2.75, 3.05) is 4.90 Å². The molecule has 0 aliphatic heterocycles. The Morgan fingerprint density at radius 2 is 0.742 bits per heavy atom. The monoisotopic (exact) mass is 855 g/mol. The van der Waals surface area contributed by atoms with Crippen LogP contribution in [0.25, 0.3) is 108 Å². The van der Waals surface area contributed by atoms with Crippen LogP contribution >= 0.6 is 11.3 Å². The zero-order valence-corrected chi connectivity index (χ0v) is 36.8. The van der Waals surface area contributed by atoms with Crippen molar-refractivity contribution < 1.29 is 0 Å². The molecule has 0 amide bonds. The van der Waals surface area contributed by atoms with E-state index in [0.29, 0.717) is 0 Å². The summed E-state index contributed by atoms with van der Waals surface area (Å²) in [6, 6.07) is 91.5. The molecule has 13 aromatic rings. The molecule has 308 valence electrons. The molecule has 1 heterocycles. The van der Waals surface area contributed by atoms with Gasteiger partial charge < -0.3 is 4.90 Å². The summed E-state index contributed by atoms with van der Waals surface area (Å²) in [5.41, 5.74) is 13.1. The van der Waals surface area contributed by atoms with Crippen LogP contribution in [0.15, 0.2) is 249 Å². The average Bonchev–Trinajstić information content (AvgIpc) is 3.77. The maximum Gasteiger partial charge on any atom is 0.0476 e. The minimum atomic E-state index is 1.10. The molecular weight excluding hydrogens is 815 g/mol. The number of rotatable bonds is 7. The highest BCUT2D eigenvalue weighted by Crippen LogP contribution is 2.47. The molecule has 0 aliphatic rings.